The summed E-state index contributed by atoms with van der Waals surface area (Å²) in [6, 6.07) is 21.7. The molecule has 5 rings (SSSR count). The lowest BCUT2D eigenvalue weighted by molar-refractivity contribution is 0.250. The first kappa shape index (κ1) is 18.8. The van der Waals surface area contributed by atoms with Gasteiger partial charge in [-0.05, 0) is 24.1 Å². The molecule has 0 saturated carbocycles. The Balaban J connectivity index is 1.22. The van der Waals surface area contributed by atoms with Crippen molar-refractivity contribution in [1.29, 1.82) is 0 Å². The maximum absolute atomic E-state index is 4.59. The summed E-state index contributed by atoms with van der Waals surface area (Å²) in [6.07, 6.45) is 4.60. The number of hydrogen-bond donors (Lipinski definition) is 1. The lowest BCUT2D eigenvalue weighted by Crippen LogP contribution is -2.47. The molecule has 1 N–H and O–H groups in total. The fourth-order valence-corrected chi connectivity index (χ4v) is 4.26. The first-order chi connectivity index (χ1) is 14.9. The molecule has 6 heteroatoms. The lowest BCUT2D eigenvalue weighted by Gasteiger charge is -2.35. The second-order valence-corrected chi connectivity index (χ2v) is 7.80. The number of nitrogens with zero attached hydrogens (tertiary/aromatic N) is 5. The van der Waals surface area contributed by atoms with Crippen molar-refractivity contribution in [1.82, 2.24) is 24.8 Å². The van der Waals surface area contributed by atoms with E-state index in [-0.39, 0.29) is 0 Å². The molecule has 152 valence electrons. The molecule has 1 aliphatic rings. The maximum Gasteiger partial charge on any atom is 0.227 e. The molecule has 0 spiro atoms. The third kappa shape index (κ3) is 4.04. The molecule has 6 nitrogen and oxygen atoms in total. The molecule has 2 aromatic heterocycles. The Bertz CT molecular complexity index is 1030. The minimum atomic E-state index is 0.427. The van der Waals surface area contributed by atoms with Crippen LogP contribution < -0.4 is 4.90 Å². The highest BCUT2D eigenvalue weighted by molar-refractivity contribution is 5.69. The van der Waals surface area contributed by atoms with Gasteiger partial charge in [0, 0.05) is 32.1 Å². The fraction of sp³-hybridized carbons (Fsp3) is 0.292. The monoisotopic (exact) mass is 398 g/mol. The summed E-state index contributed by atoms with van der Waals surface area (Å²) in [7, 11) is 0. The Morgan fingerprint density at radius 2 is 1.50 bits per heavy atom. The molecule has 1 aliphatic heterocycles. The van der Waals surface area contributed by atoms with Gasteiger partial charge in [0.25, 0.3) is 0 Å². The Morgan fingerprint density at radius 1 is 0.833 bits per heavy atom. The van der Waals surface area contributed by atoms with Crippen LogP contribution in [-0.4, -0.2) is 57.6 Å². The van der Waals surface area contributed by atoms with Gasteiger partial charge in [-0.1, -0.05) is 60.7 Å². The highest BCUT2D eigenvalue weighted by atomic mass is 15.3. The number of piperazine rings is 1. The Kier molecular flexibility index (Phi) is 5.40. The number of H-pyrrole nitrogens is 1. The molecule has 3 heterocycles. The number of nitrogens with one attached hydrogen (secondary N) is 1. The van der Waals surface area contributed by atoms with E-state index in [0.717, 1.165) is 56.3 Å². The van der Waals surface area contributed by atoms with Crippen molar-refractivity contribution >= 4 is 17.1 Å². The standard InChI is InChI=1S/C24H26N6/c1-3-7-19(8-4-1)21(20-9-5-2-6-10-20)11-12-29-13-15-30(16-14-29)24-25-17-22-23(28-24)27-18-26-22/h1-10,17-18,21H,11-16H2,(H,25,26,27,28). The minimum absolute atomic E-state index is 0.427. The van der Waals surface area contributed by atoms with Crippen LogP contribution >= 0.6 is 0 Å². The summed E-state index contributed by atoms with van der Waals surface area (Å²) >= 11 is 0. The van der Waals surface area contributed by atoms with E-state index in [1.165, 1.54) is 11.1 Å². The quantitative estimate of drug-likeness (QED) is 0.537. The molecule has 30 heavy (non-hydrogen) atoms. The van der Waals surface area contributed by atoms with Crippen LogP contribution in [0.4, 0.5) is 5.95 Å². The SMILES string of the molecule is c1ccc(C(CCN2CCN(c3ncc4[nH]cnc4n3)CC2)c2ccccc2)cc1. The Hall–Kier alpha value is -3.25. The number of aromatic nitrogens is 4. The average Bonchev–Trinajstić information content (AvgIpc) is 3.29. The lowest BCUT2D eigenvalue weighted by atomic mass is 9.88. The molecule has 0 amide bonds. The first-order valence-electron chi connectivity index (χ1n) is 10.6. The van der Waals surface area contributed by atoms with Crippen molar-refractivity contribution in [3.63, 3.8) is 0 Å². The van der Waals surface area contributed by atoms with Crippen molar-refractivity contribution in [3.05, 3.63) is 84.3 Å². The van der Waals surface area contributed by atoms with E-state index >= 15 is 0 Å². The highest BCUT2D eigenvalue weighted by Gasteiger charge is 2.21. The van der Waals surface area contributed by atoms with Crippen LogP contribution in [0.5, 0.6) is 0 Å². The van der Waals surface area contributed by atoms with Crippen molar-refractivity contribution in [2.75, 3.05) is 37.6 Å². The van der Waals surface area contributed by atoms with Gasteiger partial charge in [0.1, 0.15) is 5.52 Å². The predicted octanol–water partition coefficient (Wildman–Crippen LogP) is 3.70. The summed E-state index contributed by atoms with van der Waals surface area (Å²) in [6.45, 7) is 5.02. The number of hydrogen-bond acceptors (Lipinski definition) is 5. The molecule has 1 saturated heterocycles. The zero-order valence-corrected chi connectivity index (χ0v) is 17.0. The van der Waals surface area contributed by atoms with Gasteiger partial charge in [0.15, 0.2) is 5.65 Å². The Morgan fingerprint density at radius 3 is 2.17 bits per heavy atom. The van der Waals surface area contributed by atoms with Gasteiger partial charge in [-0.15, -0.1) is 0 Å². The smallest absolute Gasteiger partial charge is 0.227 e. The van der Waals surface area contributed by atoms with Crippen LogP contribution in [0.15, 0.2) is 73.2 Å². The summed E-state index contributed by atoms with van der Waals surface area (Å²) < 4.78 is 0. The summed E-state index contributed by atoms with van der Waals surface area (Å²) in [5.41, 5.74) is 4.40. The van der Waals surface area contributed by atoms with Gasteiger partial charge >= 0.3 is 0 Å². The molecule has 0 atom stereocenters. The van der Waals surface area contributed by atoms with Crippen LogP contribution in [0.25, 0.3) is 11.2 Å². The molecule has 0 aliphatic carbocycles. The number of anilines is 1. The van der Waals surface area contributed by atoms with Crippen LogP contribution in [0.1, 0.15) is 23.5 Å². The van der Waals surface area contributed by atoms with Crippen LogP contribution in [0.3, 0.4) is 0 Å². The van der Waals surface area contributed by atoms with Crippen molar-refractivity contribution < 1.29 is 0 Å². The van der Waals surface area contributed by atoms with Gasteiger partial charge < -0.3 is 9.88 Å². The Labute approximate surface area is 176 Å². The predicted molar refractivity (Wildman–Crippen MR) is 120 cm³/mol. The van der Waals surface area contributed by atoms with E-state index in [1.807, 2.05) is 6.20 Å². The topological polar surface area (TPSA) is 60.9 Å². The van der Waals surface area contributed by atoms with Crippen LogP contribution in [0.2, 0.25) is 0 Å². The van der Waals surface area contributed by atoms with E-state index in [2.05, 4.69) is 90.4 Å². The number of rotatable bonds is 6. The molecule has 0 unspecified atom stereocenters. The van der Waals surface area contributed by atoms with Crippen molar-refractivity contribution in [3.8, 4) is 0 Å². The summed E-state index contributed by atoms with van der Waals surface area (Å²) in [4.78, 5) is 21.2. The molecular weight excluding hydrogens is 372 g/mol. The van der Waals surface area contributed by atoms with Gasteiger partial charge in [-0.2, -0.15) is 4.98 Å². The summed E-state index contributed by atoms with van der Waals surface area (Å²) in [5.74, 6) is 1.21. The molecule has 4 aromatic rings. The zero-order chi connectivity index (χ0) is 20.2. The van der Waals surface area contributed by atoms with E-state index in [9.17, 15) is 0 Å². The molecule has 0 bridgehead atoms. The van der Waals surface area contributed by atoms with E-state index in [4.69, 9.17) is 0 Å². The second-order valence-electron chi connectivity index (χ2n) is 7.80. The number of benzene rings is 2. The third-order valence-electron chi connectivity index (χ3n) is 5.96. The van der Waals surface area contributed by atoms with Crippen LogP contribution in [0, 0.1) is 0 Å². The highest BCUT2D eigenvalue weighted by Crippen LogP contribution is 2.28. The second kappa shape index (κ2) is 8.63. The molecule has 1 fully saturated rings. The third-order valence-corrected chi connectivity index (χ3v) is 5.96. The van der Waals surface area contributed by atoms with Gasteiger partial charge in [-0.3, -0.25) is 4.90 Å². The number of fused-ring (bicyclic) bond motifs is 1. The summed E-state index contributed by atoms with van der Waals surface area (Å²) in [5, 5.41) is 0. The largest absolute Gasteiger partial charge is 0.342 e. The maximum atomic E-state index is 4.59. The van der Waals surface area contributed by atoms with Gasteiger partial charge in [0.05, 0.1) is 12.5 Å². The average molecular weight is 399 g/mol. The fourth-order valence-electron chi connectivity index (χ4n) is 4.26. The molecular formula is C24H26N6. The molecule has 2 aromatic carbocycles. The van der Waals surface area contributed by atoms with Crippen molar-refractivity contribution in [2.24, 2.45) is 0 Å². The van der Waals surface area contributed by atoms with E-state index in [1.54, 1.807) is 6.33 Å². The van der Waals surface area contributed by atoms with E-state index < -0.39 is 0 Å². The normalized spacial score (nSPS) is 15.2. The van der Waals surface area contributed by atoms with Crippen LogP contribution in [-0.2, 0) is 0 Å². The first-order valence-corrected chi connectivity index (χ1v) is 10.6. The minimum Gasteiger partial charge on any atom is -0.342 e. The number of imidazole rings is 1. The van der Waals surface area contributed by atoms with Gasteiger partial charge in [-0.25, -0.2) is 9.97 Å². The van der Waals surface area contributed by atoms with Crippen molar-refractivity contribution in [2.45, 2.75) is 12.3 Å². The van der Waals surface area contributed by atoms with E-state index in [0.29, 0.717) is 5.92 Å². The van der Waals surface area contributed by atoms with Gasteiger partial charge in [0.2, 0.25) is 5.95 Å². The molecule has 0 radical (unpaired) electrons. The number of aromatic amines is 1. The zero-order valence-electron chi connectivity index (χ0n) is 17.0.